The normalized spacial score (nSPS) is 15.9. The van der Waals surface area contributed by atoms with Gasteiger partial charge >= 0.3 is 71.3 Å². The van der Waals surface area contributed by atoms with E-state index in [2.05, 4.69) is 0 Å². The van der Waals surface area contributed by atoms with Gasteiger partial charge in [0.2, 0.25) is 0 Å². The number of rotatable bonds is 17. The molecule has 27 heteroatoms. The highest BCUT2D eigenvalue weighted by Gasteiger charge is 2.91. The summed E-state index contributed by atoms with van der Waals surface area (Å²) in [5.74, 6) is -84.8. The predicted octanol–water partition coefficient (Wildman–Crippen LogP) is 18.8. The quantitative estimate of drug-likeness (QED) is 0.0799. The molecule has 398 valence electrons. The summed E-state index contributed by atoms with van der Waals surface area (Å²) in [7, 11) is 0. The van der Waals surface area contributed by atoms with Crippen LogP contribution < -0.4 is 0 Å². The number of hydrogen-bond acceptors (Lipinski definition) is 2. The molecule has 1 aliphatic carbocycles. The van der Waals surface area contributed by atoms with Gasteiger partial charge in [0, 0.05) is 44.3 Å². The molecule has 0 spiro atoms. The maximum absolute atomic E-state index is 16.0. The van der Waals surface area contributed by atoms with Crippen molar-refractivity contribution in [2.45, 2.75) is 109 Å². The van der Waals surface area contributed by atoms with Crippen LogP contribution in [-0.4, -0.2) is 71.3 Å². The monoisotopic (exact) mass is 1120 g/mol. The van der Waals surface area contributed by atoms with E-state index in [0.29, 0.717) is 20.2 Å². The Morgan fingerprint density at radius 1 is 0.370 bits per heavy atom. The molecular weight excluding hydrogens is 1090 g/mol. The van der Waals surface area contributed by atoms with Crippen LogP contribution in [0.1, 0.15) is 43.7 Å². The van der Waals surface area contributed by atoms with Gasteiger partial charge in [-0.15, -0.1) is 22.7 Å². The number of benzene rings is 4. The molecule has 0 unspecified atom stereocenters. The summed E-state index contributed by atoms with van der Waals surface area (Å²) in [6.45, 7) is -1.16. The fourth-order valence-corrected chi connectivity index (χ4v) is 10.6. The van der Waals surface area contributed by atoms with Gasteiger partial charge in [-0.25, -0.2) is 0 Å². The van der Waals surface area contributed by atoms with Gasteiger partial charge < -0.3 is 0 Å². The van der Waals surface area contributed by atoms with Crippen molar-refractivity contribution in [2.24, 2.45) is 0 Å². The first kappa shape index (κ1) is 55.8. The third kappa shape index (κ3) is 8.11. The van der Waals surface area contributed by atoms with Gasteiger partial charge in [0.1, 0.15) is 0 Å². The zero-order valence-electron chi connectivity index (χ0n) is 35.8. The second kappa shape index (κ2) is 17.0. The molecule has 6 aromatic rings. The average molecular weight is 1120 g/mol. The number of alkyl halides is 25. The number of thiophene rings is 2. The molecule has 0 N–H and O–H groups in total. The van der Waals surface area contributed by atoms with Crippen molar-refractivity contribution in [3.8, 4) is 32.0 Å². The van der Waals surface area contributed by atoms with E-state index in [1.165, 1.54) is 24.3 Å². The van der Waals surface area contributed by atoms with E-state index in [1.54, 1.807) is 48.5 Å². The summed E-state index contributed by atoms with van der Waals surface area (Å²) in [6, 6.07) is 21.6. The van der Waals surface area contributed by atoms with Gasteiger partial charge in [0.25, 0.3) is 0 Å². The van der Waals surface area contributed by atoms with E-state index >= 15 is 43.9 Å². The number of hydrogen-bond donors (Lipinski definition) is 0. The zero-order chi connectivity index (χ0) is 55.0. The highest BCUT2D eigenvalue weighted by atomic mass is 32.1. The Kier molecular flexibility index (Phi) is 13.0. The SMILES string of the molecule is CC(F)(F)C(F)(F)C(F)(F)C(F)(F)C(F)(F)C(F)(F)CCC1(CCC(F)(F)C(F)(F)C(F)(F)C(F)(F)C(F)(F)C(F)(F)F)c2cc(-c3cc4ccccc4s3)ccc2-c2ccc(-c3cc4ccccc4s3)cc21. The average Bonchev–Trinajstić information content (AvgIpc) is 3.99. The standard InChI is InChI=1S/C46H27F25S2/c1-34(47,48)38(53,54)41(59,60)42(61,62)39(55,56)36(49,50)16-14-35(15-17-37(51,52)40(57,58)43(63,64)44(65,66)45(67,68)46(69,70)71)28-18-24(32-20-22-6-2-4-8-30(22)72-32)10-12-26(28)27-13-11-25(19-29(27)35)33-21-23-7-3-5-9-31(23)73-33/h2-13,18-21H,14-17H2,1H3. The Morgan fingerprint density at radius 2 is 0.699 bits per heavy atom. The molecule has 0 atom stereocenters. The fraction of sp³-hybridized carbons (Fsp3) is 0.391. The lowest BCUT2D eigenvalue weighted by atomic mass is 9.69. The molecular formula is C46H27F25S2. The first-order valence-electron chi connectivity index (χ1n) is 20.5. The van der Waals surface area contributed by atoms with Crippen molar-refractivity contribution < 1.29 is 110 Å². The summed E-state index contributed by atoms with van der Waals surface area (Å²) in [4.78, 5) is 0.327. The molecule has 7 rings (SSSR count). The summed E-state index contributed by atoms with van der Waals surface area (Å²) in [6.07, 6.45) is -18.7. The van der Waals surface area contributed by atoms with Crippen LogP contribution >= 0.6 is 22.7 Å². The minimum atomic E-state index is -8.41. The molecule has 0 bridgehead atoms. The molecule has 73 heavy (non-hydrogen) atoms. The van der Waals surface area contributed by atoms with Crippen LogP contribution in [0, 0.1) is 0 Å². The summed E-state index contributed by atoms with van der Waals surface area (Å²) < 4.78 is 366. The van der Waals surface area contributed by atoms with Crippen LogP contribution in [0.5, 0.6) is 0 Å². The van der Waals surface area contributed by atoms with Gasteiger partial charge in [0.05, 0.1) is 0 Å². The molecule has 0 aliphatic heterocycles. The van der Waals surface area contributed by atoms with Crippen LogP contribution in [0.4, 0.5) is 110 Å². The lowest BCUT2D eigenvalue weighted by Gasteiger charge is -2.42. The van der Waals surface area contributed by atoms with E-state index in [4.69, 9.17) is 0 Å². The third-order valence-electron chi connectivity index (χ3n) is 12.7. The van der Waals surface area contributed by atoms with Crippen molar-refractivity contribution in [3.05, 3.63) is 108 Å². The molecule has 2 heterocycles. The van der Waals surface area contributed by atoms with Crippen molar-refractivity contribution in [1.29, 1.82) is 0 Å². The Morgan fingerprint density at radius 3 is 1.03 bits per heavy atom. The minimum Gasteiger partial charge on any atom is -0.200 e. The van der Waals surface area contributed by atoms with Crippen LogP contribution in [-0.2, 0) is 5.41 Å². The van der Waals surface area contributed by atoms with Crippen molar-refractivity contribution >= 4 is 42.8 Å². The van der Waals surface area contributed by atoms with Gasteiger partial charge in [-0.3, -0.25) is 0 Å². The largest absolute Gasteiger partial charge is 0.460 e. The van der Waals surface area contributed by atoms with Crippen molar-refractivity contribution in [2.75, 3.05) is 0 Å². The summed E-state index contributed by atoms with van der Waals surface area (Å²) >= 11 is 1.88. The minimum absolute atomic E-state index is 0.106. The first-order chi connectivity index (χ1) is 33.0. The molecule has 0 saturated carbocycles. The van der Waals surface area contributed by atoms with E-state index < -0.39 is 120 Å². The van der Waals surface area contributed by atoms with Gasteiger partial charge in [-0.05, 0) is 93.4 Å². The Hall–Kier alpha value is -4.95. The molecule has 0 saturated heterocycles. The predicted molar refractivity (Wildman–Crippen MR) is 219 cm³/mol. The van der Waals surface area contributed by atoms with Crippen molar-refractivity contribution in [3.63, 3.8) is 0 Å². The van der Waals surface area contributed by atoms with Gasteiger partial charge in [-0.1, -0.05) is 60.7 Å². The molecule has 0 nitrogen and oxygen atoms in total. The van der Waals surface area contributed by atoms with Crippen LogP contribution in [0.3, 0.4) is 0 Å². The highest BCUT2D eigenvalue weighted by Crippen LogP contribution is 2.65. The molecule has 1 aliphatic rings. The second-order valence-electron chi connectivity index (χ2n) is 17.3. The van der Waals surface area contributed by atoms with Crippen LogP contribution in [0.15, 0.2) is 97.1 Å². The van der Waals surface area contributed by atoms with Crippen LogP contribution in [0.25, 0.3) is 52.2 Å². The summed E-state index contributed by atoms with van der Waals surface area (Å²) in [5.41, 5.74) is -5.84. The van der Waals surface area contributed by atoms with E-state index in [9.17, 15) is 65.9 Å². The Balaban J connectivity index is 1.45. The second-order valence-corrected chi connectivity index (χ2v) is 19.5. The molecule has 0 fully saturated rings. The lowest BCUT2D eigenvalue weighted by molar-refractivity contribution is -0.440. The van der Waals surface area contributed by atoms with Crippen LogP contribution in [0.2, 0.25) is 0 Å². The fourth-order valence-electron chi connectivity index (χ4n) is 8.47. The van der Waals surface area contributed by atoms with Gasteiger partial charge in [0.15, 0.2) is 0 Å². The van der Waals surface area contributed by atoms with E-state index in [-0.39, 0.29) is 32.0 Å². The Bertz CT molecular complexity index is 2770. The molecule has 0 amide bonds. The molecule has 2 aromatic heterocycles. The lowest BCUT2D eigenvalue weighted by Crippen LogP contribution is -2.70. The third-order valence-corrected chi connectivity index (χ3v) is 15.0. The maximum Gasteiger partial charge on any atom is 0.460 e. The number of halogens is 25. The van der Waals surface area contributed by atoms with Gasteiger partial charge in [-0.2, -0.15) is 110 Å². The zero-order valence-corrected chi connectivity index (χ0v) is 37.5. The Labute approximate surface area is 401 Å². The van der Waals surface area contributed by atoms with E-state index in [0.717, 1.165) is 46.9 Å². The molecule has 0 radical (unpaired) electrons. The summed E-state index contributed by atoms with van der Waals surface area (Å²) in [5, 5.41) is 0.958. The highest BCUT2D eigenvalue weighted by molar-refractivity contribution is 7.22. The number of fused-ring (bicyclic) bond motifs is 5. The van der Waals surface area contributed by atoms with E-state index in [1.807, 2.05) is 0 Å². The maximum atomic E-state index is 16.0. The first-order valence-corrected chi connectivity index (χ1v) is 22.1. The molecule has 4 aromatic carbocycles. The topological polar surface area (TPSA) is 0 Å². The van der Waals surface area contributed by atoms with Crippen molar-refractivity contribution in [1.82, 2.24) is 0 Å². The smallest absolute Gasteiger partial charge is 0.200 e.